The maximum absolute atomic E-state index is 4.35. The third-order valence-electron chi connectivity index (χ3n) is 0.908. The zero-order chi connectivity index (χ0) is 6.78. The van der Waals surface area contributed by atoms with Crippen LogP contribution in [0.2, 0.25) is 0 Å². The quantitative estimate of drug-likeness (QED) is 0.417. The van der Waals surface area contributed by atoms with Gasteiger partial charge in [0.25, 0.3) is 0 Å². The second kappa shape index (κ2) is 2.92. The van der Waals surface area contributed by atoms with Crippen molar-refractivity contribution in [2.24, 2.45) is 5.41 Å². The van der Waals surface area contributed by atoms with Crippen LogP contribution in [-0.2, 0) is 0 Å². The van der Waals surface area contributed by atoms with E-state index < -0.39 is 0 Å². The third-order valence-corrected chi connectivity index (χ3v) is 1.50. The molecule has 0 nitrogen and oxygen atoms in total. The topological polar surface area (TPSA) is 0 Å². The molecule has 50 valence electrons. The molecule has 0 spiro atoms. The van der Waals surface area contributed by atoms with Gasteiger partial charge in [0.1, 0.15) is 0 Å². The molecule has 0 saturated carbocycles. The van der Waals surface area contributed by atoms with Crippen molar-refractivity contribution >= 4 is 22.9 Å². The standard InChI is InChI=1S/C6H16SSi/c1-6(2,3)4-5(7)8/h5,7H,4H2,1-3,8H3. The van der Waals surface area contributed by atoms with Gasteiger partial charge < -0.3 is 0 Å². The molecule has 2 heteroatoms. The van der Waals surface area contributed by atoms with Crippen molar-refractivity contribution in [2.45, 2.75) is 32.1 Å². The summed E-state index contributed by atoms with van der Waals surface area (Å²) >= 11 is 4.35. The molecule has 1 atom stereocenters. The Hall–Kier alpha value is 0.567. The average Bonchev–Trinajstić information content (AvgIpc) is 1.21. The molecule has 0 rings (SSSR count). The van der Waals surface area contributed by atoms with Gasteiger partial charge in [0, 0.05) is 10.2 Å². The molecule has 0 aromatic heterocycles. The summed E-state index contributed by atoms with van der Waals surface area (Å²) in [6.45, 7) is 6.77. The van der Waals surface area contributed by atoms with E-state index in [1.165, 1.54) is 16.7 Å². The number of hydrogen-bond acceptors (Lipinski definition) is 1. The number of hydrogen-bond donors (Lipinski definition) is 1. The fraction of sp³-hybridized carbons (Fsp3) is 1.00. The van der Waals surface area contributed by atoms with Gasteiger partial charge in [-0.05, 0) is 16.7 Å². The van der Waals surface area contributed by atoms with Crippen molar-refractivity contribution < 1.29 is 0 Å². The van der Waals surface area contributed by atoms with Crippen LogP contribution in [0.3, 0.4) is 0 Å². The van der Waals surface area contributed by atoms with E-state index in [1.54, 1.807) is 0 Å². The summed E-state index contributed by atoms with van der Waals surface area (Å²) in [7, 11) is 1.21. The van der Waals surface area contributed by atoms with Crippen LogP contribution < -0.4 is 0 Å². The summed E-state index contributed by atoms with van der Waals surface area (Å²) in [5.41, 5.74) is 0.480. The lowest BCUT2D eigenvalue weighted by Gasteiger charge is -2.19. The molecule has 0 saturated heterocycles. The summed E-state index contributed by atoms with van der Waals surface area (Å²) in [6.07, 6.45) is 1.25. The van der Waals surface area contributed by atoms with Crippen LogP contribution >= 0.6 is 12.6 Å². The Morgan fingerprint density at radius 1 is 1.50 bits per heavy atom. The van der Waals surface area contributed by atoms with Crippen molar-refractivity contribution in [1.82, 2.24) is 0 Å². The van der Waals surface area contributed by atoms with Crippen LogP contribution in [0.4, 0.5) is 0 Å². The Morgan fingerprint density at radius 3 is 1.88 bits per heavy atom. The van der Waals surface area contributed by atoms with E-state index in [-0.39, 0.29) is 0 Å². The van der Waals surface area contributed by atoms with E-state index in [9.17, 15) is 0 Å². The molecule has 0 aliphatic heterocycles. The maximum Gasteiger partial charge on any atom is 0.0189 e. The monoisotopic (exact) mass is 148 g/mol. The highest BCUT2D eigenvalue weighted by Crippen LogP contribution is 2.21. The Balaban J connectivity index is 3.39. The van der Waals surface area contributed by atoms with Gasteiger partial charge in [0.15, 0.2) is 0 Å². The maximum atomic E-state index is 4.35. The molecule has 0 bridgehead atoms. The first-order valence-corrected chi connectivity index (χ1v) is 4.77. The van der Waals surface area contributed by atoms with Gasteiger partial charge in [-0.1, -0.05) is 20.8 Å². The fourth-order valence-corrected chi connectivity index (χ4v) is 2.66. The van der Waals surface area contributed by atoms with Crippen LogP contribution in [0.25, 0.3) is 0 Å². The van der Waals surface area contributed by atoms with Gasteiger partial charge in [-0.3, -0.25) is 0 Å². The van der Waals surface area contributed by atoms with Gasteiger partial charge in [-0.25, -0.2) is 0 Å². The number of rotatable bonds is 1. The minimum Gasteiger partial charge on any atom is -0.180 e. The molecule has 0 aromatic carbocycles. The fourth-order valence-electron chi connectivity index (χ4n) is 0.886. The molecule has 0 heterocycles. The summed E-state index contributed by atoms with van der Waals surface area (Å²) in [5, 5.41) is 0. The highest BCUT2D eigenvalue weighted by Gasteiger charge is 2.11. The highest BCUT2D eigenvalue weighted by molar-refractivity contribution is 7.82. The van der Waals surface area contributed by atoms with Crippen molar-refractivity contribution in [3.05, 3.63) is 0 Å². The molecule has 0 amide bonds. The van der Waals surface area contributed by atoms with E-state index in [0.29, 0.717) is 10.3 Å². The average molecular weight is 148 g/mol. The molecule has 0 radical (unpaired) electrons. The Bertz CT molecular complexity index is 63.4. The minimum absolute atomic E-state index is 0.480. The van der Waals surface area contributed by atoms with Gasteiger partial charge >= 0.3 is 0 Å². The van der Waals surface area contributed by atoms with Crippen LogP contribution in [0.1, 0.15) is 27.2 Å². The minimum atomic E-state index is 0.480. The molecule has 1 unspecified atom stereocenters. The lowest BCUT2D eigenvalue weighted by Crippen LogP contribution is -2.12. The normalized spacial score (nSPS) is 16.5. The summed E-state index contributed by atoms with van der Waals surface area (Å²) < 4.78 is 0. The van der Waals surface area contributed by atoms with Crippen molar-refractivity contribution in [3.8, 4) is 0 Å². The Morgan fingerprint density at radius 2 is 1.88 bits per heavy atom. The highest BCUT2D eigenvalue weighted by atomic mass is 32.1. The second-order valence-electron chi connectivity index (χ2n) is 3.61. The summed E-state index contributed by atoms with van der Waals surface area (Å²) in [6, 6.07) is 0. The molecule has 0 aliphatic carbocycles. The zero-order valence-corrected chi connectivity index (χ0v) is 9.13. The van der Waals surface area contributed by atoms with E-state index >= 15 is 0 Å². The van der Waals surface area contributed by atoms with E-state index in [4.69, 9.17) is 0 Å². The SMILES string of the molecule is CC(C)(C)CC([SiH3])S. The van der Waals surface area contributed by atoms with E-state index in [1.807, 2.05) is 0 Å². The third kappa shape index (κ3) is 6.57. The first kappa shape index (κ1) is 8.57. The first-order chi connectivity index (χ1) is 3.42. The predicted molar refractivity (Wildman–Crippen MR) is 46.8 cm³/mol. The van der Waals surface area contributed by atoms with Crippen molar-refractivity contribution in [3.63, 3.8) is 0 Å². The lowest BCUT2D eigenvalue weighted by atomic mass is 9.93. The van der Waals surface area contributed by atoms with Crippen LogP contribution in [0, 0.1) is 5.41 Å². The van der Waals surface area contributed by atoms with Gasteiger partial charge in [0.05, 0.1) is 0 Å². The van der Waals surface area contributed by atoms with Crippen molar-refractivity contribution in [1.29, 1.82) is 0 Å². The van der Waals surface area contributed by atoms with Crippen molar-refractivity contribution in [2.75, 3.05) is 0 Å². The molecule has 8 heavy (non-hydrogen) atoms. The van der Waals surface area contributed by atoms with Crippen LogP contribution in [0.5, 0.6) is 0 Å². The lowest BCUT2D eigenvalue weighted by molar-refractivity contribution is 0.394. The van der Waals surface area contributed by atoms with E-state index in [0.717, 1.165) is 0 Å². The molecule has 0 N–H and O–H groups in total. The van der Waals surface area contributed by atoms with Crippen LogP contribution in [0.15, 0.2) is 0 Å². The summed E-state index contributed by atoms with van der Waals surface area (Å²) in [4.78, 5) is 0.676. The molecule has 0 aromatic rings. The largest absolute Gasteiger partial charge is 0.180 e. The van der Waals surface area contributed by atoms with Gasteiger partial charge in [-0.15, -0.1) is 0 Å². The Labute approximate surface area is 60.9 Å². The molecular formula is C6H16SSi. The second-order valence-corrected chi connectivity index (χ2v) is 6.86. The predicted octanol–water partition coefficient (Wildman–Crippen LogP) is 1.04. The zero-order valence-electron chi connectivity index (χ0n) is 6.23. The van der Waals surface area contributed by atoms with Gasteiger partial charge in [-0.2, -0.15) is 12.6 Å². The molecule has 0 aliphatic rings. The first-order valence-electron chi connectivity index (χ1n) is 3.10. The molecule has 0 fully saturated rings. The Kier molecular flexibility index (Phi) is 3.13. The number of thiol groups is 1. The summed E-state index contributed by atoms with van der Waals surface area (Å²) in [5.74, 6) is 0. The molecular weight excluding hydrogens is 132 g/mol. The van der Waals surface area contributed by atoms with Gasteiger partial charge in [0.2, 0.25) is 0 Å². The van der Waals surface area contributed by atoms with Crippen LogP contribution in [-0.4, -0.2) is 15.1 Å². The van der Waals surface area contributed by atoms with E-state index in [2.05, 4.69) is 33.4 Å². The smallest absolute Gasteiger partial charge is 0.0189 e.